The summed E-state index contributed by atoms with van der Waals surface area (Å²) >= 11 is 6.19. The van der Waals surface area contributed by atoms with Gasteiger partial charge in [-0.1, -0.05) is 65.7 Å². The molecule has 0 unspecified atom stereocenters. The van der Waals surface area contributed by atoms with Gasteiger partial charge in [0.25, 0.3) is 0 Å². The number of Topliss-reactive ketones (excluding diaryl/α,β-unsaturated/α-hetero) is 1. The molecule has 0 spiro atoms. The zero-order chi connectivity index (χ0) is 23.7. The van der Waals surface area contributed by atoms with Crippen LogP contribution in [0.25, 0.3) is 10.9 Å². The number of carbonyl (C=O) groups excluding carboxylic acids is 1. The Balaban J connectivity index is 1.42. The van der Waals surface area contributed by atoms with Crippen molar-refractivity contribution in [3.63, 3.8) is 0 Å². The number of fused-ring (bicyclic) bond motifs is 1. The van der Waals surface area contributed by atoms with Gasteiger partial charge < -0.3 is 15.0 Å². The van der Waals surface area contributed by atoms with Crippen LogP contribution in [0, 0.1) is 6.92 Å². The Labute approximate surface area is 204 Å². The van der Waals surface area contributed by atoms with Crippen molar-refractivity contribution >= 4 is 34.0 Å². The first-order chi connectivity index (χ1) is 16.5. The van der Waals surface area contributed by atoms with Crippen molar-refractivity contribution in [1.29, 1.82) is 0 Å². The first-order valence-electron chi connectivity index (χ1n) is 11.6. The van der Waals surface area contributed by atoms with Gasteiger partial charge in [-0.25, -0.2) is 0 Å². The zero-order valence-corrected chi connectivity index (χ0v) is 19.9. The van der Waals surface area contributed by atoms with E-state index in [4.69, 9.17) is 11.6 Å². The number of anilines is 1. The minimum absolute atomic E-state index is 0.264. The molecule has 3 aromatic carbocycles. The number of hydrogen-bond donors (Lipinski definition) is 2. The average molecular weight is 474 g/mol. The van der Waals surface area contributed by atoms with Gasteiger partial charge in [0, 0.05) is 59.6 Å². The Kier molecular flexibility index (Phi) is 6.42. The number of hydrogen-bond acceptors (Lipinski definition) is 4. The summed E-state index contributed by atoms with van der Waals surface area (Å²) in [5, 5.41) is 13.0. The quantitative estimate of drug-likeness (QED) is 0.376. The van der Waals surface area contributed by atoms with Gasteiger partial charge in [-0.2, -0.15) is 0 Å². The predicted molar refractivity (Wildman–Crippen MR) is 138 cm³/mol. The molecule has 5 rings (SSSR count). The van der Waals surface area contributed by atoms with Crippen molar-refractivity contribution in [1.82, 2.24) is 9.88 Å². The summed E-state index contributed by atoms with van der Waals surface area (Å²) in [6.45, 7) is 5.07. The summed E-state index contributed by atoms with van der Waals surface area (Å²) in [5.41, 5.74) is 4.60. The number of aromatic amines is 1. The van der Waals surface area contributed by atoms with E-state index in [2.05, 4.69) is 20.9 Å². The van der Waals surface area contributed by atoms with Crippen molar-refractivity contribution < 1.29 is 9.90 Å². The van der Waals surface area contributed by atoms with Gasteiger partial charge in [0.05, 0.1) is 6.04 Å². The number of halogens is 1. The molecular weight excluding hydrogens is 446 g/mol. The highest BCUT2D eigenvalue weighted by atomic mass is 35.5. The van der Waals surface area contributed by atoms with E-state index in [1.54, 1.807) is 6.20 Å². The minimum Gasteiger partial charge on any atom is -0.383 e. The number of aryl methyl sites for hydroxylation is 1. The predicted octanol–water partition coefficient (Wildman–Crippen LogP) is 5.24. The SMILES string of the molecule is Cc1ccc([C@@H]([C@H](O)C(=O)c2c[nH]c3ccccc23)N2CCN(c3cccc(Cl)c3)CC2)cc1. The Hall–Kier alpha value is -3.12. The fraction of sp³-hybridized carbons (Fsp3) is 0.250. The molecule has 2 N–H and O–H groups in total. The van der Waals surface area contributed by atoms with E-state index in [9.17, 15) is 9.90 Å². The van der Waals surface area contributed by atoms with Gasteiger partial charge in [-0.15, -0.1) is 0 Å². The molecule has 1 aliphatic rings. The summed E-state index contributed by atoms with van der Waals surface area (Å²) in [7, 11) is 0. The molecule has 0 amide bonds. The first-order valence-corrected chi connectivity index (χ1v) is 12.0. The smallest absolute Gasteiger partial charge is 0.195 e. The molecule has 2 heterocycles. The largest absolute Gasteiger partial charge is 0.383 e. The molecule has 5 nitrogen and oxygen atoms in total. The highest BCUT2D eigenvalue weighted by molar-refractivity contribution is 6.30. The van der Waals surface area contributed by atoms with Gasteiger partial charge in [-0.3, -0.25) is 9.69 Å². The standard InChI is InChI=1S/C28H28ClN3O2/c1-19-9-11-20(12-10-19)26(28(34)27(33)24-18-30-25-8-3-2-7-23(24)25)32-15-13-31(14-16-32)22-6-4-5-21(29)17-22/h2-12,17-18,26,28,30,34H,13-16H2,1H3/t26-,28-/m0/s1. The van der Waals surface area contributed by atoms with Gasteiger partial charge in [0.1, 0.15) is 6.10 Å². The Morgan fingerprint density at radius 3 is 2.44 bits per heavy atom. The van der Waals surface area contributed by atoms with Crippen LogP contribution in [0.4, 0.5) is 5.69 Å². The van der Waals surface area contributed by atoms with Crippen LogP contribution < -0.4 is 4.90 Å². The van der Waals surface area contributed by atoms with Gasteiger partial charge in [0.15, 0.2) is 5.78 Å². The molecule has 34 heavy (non-hydrogen) atoms. The Morgan fingerprint density at radius 2 is 1.71 bits per heavy atom. The van der Waals surface area contributed by atoms with Crippen LogP contribution >= 0.6 is 11.6 Å². The summed E-state index contributed by atoms with van der Waals surface area (Å²) in [5.74, 6) is -0.264. The van der Waals surface area contributed by atoms with E-state index in [0.717, 1.165) is 58.9 Å². The first kappa shape index (κ1) is 22.7. The summed E-state index contributed by atoms with van der Waals surface area (Å²) in [4.78, 5) is 21.2. The van der Waals surface area contributed by atoms with Crippen LogP contribution in [0.2, 0.25) is 5.02 Å². The second-order valence-electron chi connectivity index (χ2n) is 8.92. The molecule has 2 atom stereocenters. The number of aliphatic hydroxyl groups is 1. The van der Waals surface area contributed by atoms with Crippen LogP contribution in [0.5, 0.6) is 0 Å². The topological polar surface area (TPSA) is 59.6 Å². The summed E-state index contributed by atoms with van der Waals surface area (Å²) in [6, 6.07) is 23.3. The van der Waals surface area contributed by atoms with Crippen LogP contribution in [-0.4, -0.2) is 53.1 Å². The third-order valence-corrected chi connectivity index (χ3v) is 6.96. The average Bonchev–Trinajstić information content (AvgIpc) is 3.29. The monoisotopic (exact) mass is 473 g/mol. The van der Waals surface area contributed by atoms with Crippen LogP contribution in [-0.2, 0) is 0 Å². The number of piperazine rings is 1. The molecule has 6 heteroatoms. The summed E-state index contributed by atoms with van der Waals surface area (Å²) < 4.78 is 0. The van der Waals surface area contributed by atoms with E-state index in [1.165, 1.54) is 0 Å². The number of aliphatic hydroxyl groups excluding tert-OH is 1. The number of nitrogens with one attached hydrogen (secondary N) is 1. The maximum atomic E-state index is 13.5. The molecule has 0 aliphatic carbocycles. The minimum atomic E-state index is -1.18. The molecule has 0 saturated carbocycles. The second-order valence-corrected chi connectivity index (χ2v) is 9.35. The van der Waals surface area contributed by atoms with Crippen molar-refractivity contribution in [2.45, 2.75) is 19.1 Å². The zero-order valence-electron chi connectivity index (χ0n) is 19.1. The van der Waals surface area contributed by atoms with E-state index < -0.39 is 12.1 Å². The molecule has 1 aliphatic heterocycles. The fourth-order valence-electron chi connectivity index (χ4n) is 4.87. The van der Waals surface area contributed by atoms with Gasteiger partial charge in [-0.05, 0) is 36.8 Å². The Bertz CT molecular complexity index is 1290. The van der Waals surface area contributed by atoms with Crippen molar-refractivity contribution in [3.8, 4) is 0 Å². The lowest BCUT2D eigenvalue weighted by Crippen LogP contribution is -2.51. The van der Waals surface area contributed by atoms with Crippen LogP contribution in [0.1, 0.15) is 27.5 Å². The molecule has 4 aromatic rings. The summed E-state index contributed by atoms with van der Waals surface area (Å²) in [6.07, 6.45) is 0.527. The molecule has 0 bridgehead atoms. The number of ketones is 1. The molecule has 1 saturated heterocycles. The normalized spacial score (nSPS) is 16.5. The third-order valence-electron chi connectivity index (χ3n) is 6.72. The number of rotatable bonds is 6. The van der Waals surface area contributed by atoms with Crippen LogP contribution in [0.15, 0.2) is 79.0 Å². The molecule has 1 fully saturated rings. The van der Waals surface area contributed by atoms with E-state index >= 15 is 0 Å². The maximum Gasteiger partial charge on any atom is 0.195 e. The van der Waals surface area contributed by atoms with Crippen molar-refractivity contribution in [3.05, 3.63) is 101 Å². The number of nitrogens with zero attached hydrogens (tertiary/aromatic N) is 2. The van der Waals surface area contributed by atoms with Gasteiger partial charge >= 0.3 is 0 Å². The molecule has 174 valence electrons. The van der Waals surface area contributed by atoms with Crippen molar-refractivity contribution in [2.75, 3.05) is 31.1 Å². The number of para-hydroxylation sites is 1. The molecular formula is C28H28ClN3O2. The lowest BCUT2D eigenvalue weighted by molar-refractivity contribution is 0.0366. The third kappa shape index (κ3) is 4.47. The lowest BCUT2D eigenvalue weighted by Gasteiger charge is -2.41. The van der Waals surface area contributed by atoms with E-state index in [0.29, 0.717) is 5.56 Å². The highest BCUT2D eigenvalue weighted by Gasteiger charge is 2.35. The van der Waals surface area contributed by atoms with Crippen molar-refractivity contribution in [2.24, 2.45) is 0 Å². The second kappa shape index (κ2) is 9.63. The Morgan fingerprint density at radius 1 is 0.971 bits per heavy atom. The van der Waals surface area contributed by atoms with Gasteiger partial charge in [0.2, 0.25) is 0 Å². The number of aromatic nitrogens is 1. The lowest BCUT2D eigenvalue weighted by atomic mass is 9.92. The molecule has 1 aromatic heterocycles. The number of H-pyrrole nitrogens is 1. The number of benzene rings is 3. The highest BCUT2D eigenvalue weighted by Crippen LogP contribution is 2.31. The maximum absolute atomic E-state index is 13.5. The van der Waals surface area contributed by atoms with Crippen LogP contribution in [0.3, 0.4) is 0 Å². The van der Waals surface area contributed by atoms with E-state index in [1.807, 2.05) is 73.7 Å². The fourth-order valence-corrected chi connectivity index (χ4v) is 5.05. The number of carbonyl (C=O) groups is 1. The van der Waals surface area contributed by atoms with E-state index in [-0.39, 0.29) is 5.78 Å². The molecule has 0 radical (unpaired) electrons.